The van der Waals surface area contributed by atoms with Crippen LogP contribution < -0.4 is 4.72 Å². The van der Waals surface area contributed by atoms with E-state index in [1.807, 2.05) is 11.8 Å². The molecule has 0 aliphatic carbocycles. The van der Waals surface area contributed by atoms with Crippen molar-refractivity contribution >= 4 is 49.1 Å². The number of thiophene rings is 1. The Hall–Kier alpha value is 0.440. The molecule has 16 heavy (non-hydrogen) atoms. The van der Waals surface area contributed by atoms with Gasteiger partial charge in [-0.25, -0.2) is 13.1 Å². The molecule has 90 valence electrons. The van der Waals surface area contributed by atoms with Crippen molar-refractivity contribution in [2.75, 3.05) is 18.1 Å². The Labute approximate surface area is 112 Å². The highest BCUT2D eigenvalue weighted by Gasteiger charge is 2.20. The van der Waals surface area contributed by atoms with E-state index in [4.69, 9.17) is 0 Å². The number of rotatable bonds is 4. The average molecular weight is 342 g/mol. The van der Waals surface area contributed by atoms with Crippen molar-refractivity contribution in [3.63, 3.8) is 0 Å². The van der Waals surface area contributed by atoms with E-state index in [9.17, 15) is 8.42 Å². The topological polar surface area (TPSA) is 46.2 Å². The van der Waals surface area contributed by atoms with Crippen LogP contribution in [0.15, 0.2) is 20.1 Å². The maximum Gasteiger partial charge on any atom is 0.250 e. The van der Waals surface area contributed by atoms with Gasteiger partial charge in [-0.05, 0) is 51.9 Å². The van der Waals surface area contributed by atoms with E-state index in [0.717, 1.165) is 21.7 Å². The van der Waals surface area contributed by atoms with Gasteiger partial charge in [0.1, 0.15) is 4.21 Å². The summed E-state index contributed by atoms with van der Waals surface area (Å²) < 4.78 is 27.6. The fourth-order valence-electron chi connectivity index (χ4n) is 1.49. The minimum atomic E-state index is -3.30. The highest BCUT2D eigenvalue weighted by Crippen LogP contribution is 2.27. The zero-order valence-corrected chi connectivity index (χ0v) is 12.5. The zero-order valence-electron chi connectivity index (χ0n) is 8.48. The number of halogens is 1. The van der Waals surface area contributed by atoms with Gasteiger partial charge in [-0.15, -0.1) is 11.3 Å². The van der Waals surface area contributed by atoms with Gasteiger partial charge >= 0.3 is 0 Å². The van der Waals surface area contributed by atoms with Gasteiger partial charge < -0.3 is 0 Å². The fraction of sp³-hybridized carbons (Fsp3) is 0.556. The predicted molar refractivity (Wildman–Crippen MR) is 72.6 cm³/mol. The van der Waals surface area contributed by atoms with Crippen LogP contribution in [-0.2, 0) is 10.0 Å². The van der Waals surface area contributed by atoms with Crippen molar-refractivity contribution in [1.82, 2.24) is 4.72 Å². The molecule has 1 fully saturated rings. The second-order valence-electron chi connectivity index (χ2n) is 3.64. The molecule has 1 saturated heterocycles. The second kappa shape index (κ2) is 5.39. The van der Waals surface area contributed by atoms with Crippen LogP contribution in [0.1, 0.15) is 6.42 Å². The first-order valence-corrected chi connectivity index (χ1v) is 9.15. The standard InChI is InChI=1S/C9H12BrNO2S3/c10-8-1-2-9(15-8)16(12,13)11-5-7-3-4-14-6-7/h1-2,7,11H,3-6H2. The summed E-state index contributed by atoms with van der Waals surface area (Å²) in [7, 11) is -3.30. The van der Waals surface area contributed by atoms with Gasteiger partial charge in [-0.3, -0.25) is 0 Å². The Morgan fingerprint density at radius 3 is 2.88 bits per heavy atom. The molecule has 1 aliphatic rings. The molecule has 0 saturated carbocycles. The number of thioether (sulfide) groups is 1. The van der Waals surface area contributed by atoms with Crippen LogP contribution >= 0.6 is 39.0 Å². The molecule has 0 bridgehead atoms. The van der Waals surface area contributed by atoms with Gasteiger partial charge in [0.2, 0.25) is 10.0 Å². The lowest BCUT2D eigenvalue weighted by atomic mass is 10.1. The molecule has 1 aromatic heterocycles. The van der Waals surface area contributed by atoms with E-state index in [2.05, 4.69) is 20.7 Å². The molecule has 1 aromatic rings. The van der Waals surface area contributed by atoms with Crippen LogP contribution in [0.2, 0.25) is 0 Å². The summed E-state index contributed by atoms with van der Waals surface area (Å²) >= 11 is 6.40. The van der Waals surface area contributed by atoms with Crippen molar-refractivity contribution in [3.05, 3.63) is 15.9 Å². The van der Waals surface area contributed by atoms with Crippen LogP contribution in [0.25, 0.3) is 0 Å². The van der Waals surface area contributed by atoms with Crippen LogP contribution in [0.4, 0.5) is 0 Å². The van der Waals surface area contributed by atoms with Crippen molar-refractivity contribution < 1.29 is 8.42 Å². The van der Waals surface area contributed by atoms with Crippen LogP contribution in [0.3, 0.4) is 0 Å². The lowest BCUT2D eigenvalue weighted by Gasteiger charge is -2.09. The fourth-order valence-corrected chi connectivity index (χ4v) is 5.94. The van der Waals surface area contributed by atoms with Gasteiger partial charge in [-0.1, -0.05) is 0 Å². The Morgan fingerprint density at radius 2 is 2.31 bits per heavy atom. The number of hydrogen-bond donors (Lipinski definition) is 1. The van der Waals surface area contributed by atoms with E-state index in [1.165, 1.54) is 11.3 Å². The maximum absolute atomic E-state index is 11.9. The van der Waals surface area contributed by atoms with Gasteiger partial charge in [0.05, 0.1) is 3.79 Å². The molecule has 2 rings (SSSR count). The van der Waals surface area contributed by atoms with Crippen LogP contribution in [-0.4, -0.2) is 26.5 Å². The lowest BCUT2D eigenvalue weighted by molar-refractivity contribution is 0.547. The van der Waals surface area contributed by atoms with E-state index >= 15 is 0 Å². The Bertz CT molecular complexity index is 451. The van der Waals surface area contributed by atoms with Crippen molar-refractivity contribution in [3.8, 4) is 0 Å². The molecule has 2 heterocycles. The average Bonchev–Trinajstić information content (AvgIpc) is 2.85. The SMILES string of the molecule is O=S(=O)(NCC1CCSC1)c1ccc(Br)s1. The van der Waals surface area contributed by atoms with Crippen LogP contribution in [0.5, 0.6) is 0 Å². The molecule has 1 aliphatic heterocycles. The molecule has 7 heteroatoms. The largest absolute Gasteiger partial charge is 0.250 e. The lowest BCUT2D eigenvalue weighted by Crippen LogP contribution is -2.28. The summed E-state index contributed by atoms with van der Waals surface area (Å²) in [4.78, 5) is 0. The molecule has 0 radical (unpaired) electrons. The molecule has 0 aromatic carbocycles. The summed E-state index contributed by atoms with van der Waals surface area (Å²) in [5.74, 6) is 2.70. The van der Waals surface area contributed by atoms with Crippen molar-refractivity contribution in [1.29, 1.82) is 0 Å². The highest BCUT2D eigenvalue weighted by molar-refractivity contribution is 9.11. The molecule has 0 spiro atoms. The smallest absolute Gasteiger partial charge is 0.210 e. The Balaban J connectivity index is 1.97. The quantitative estimate of drug-likeness (QED) is 0.915. The first-order chi connectivity index (χ1) is 7.58. The second-order valence-corrected chi connectivity index (χ2v) is 9.25. The number of sulfonamides is 1. The molecule has 1 N–H and O–H groups in total. The van der Waals surface area contributed by atoms with E-state index in [0.29, 0.717) is 16.7 Å². The molecular formula is C9H12BrNO2S3. The summed E-state index contributed by atoms with van der Waals surface area (Å²) in [5, 5.41) is 0. The summed E-state index contributed by atoms with van der Waals surface area (Å²) in [6.07, 6.45) is 1.11. The monoisotopic (exact) mass is 341 g/mol. The first-order valence-electron chi connectivity index (χ1n) is 4.91. The van der Waals surface area contributed by atoms with E-state index < -0.39 is 10.0 Å². The van der Waals surface area contributed by atoms with Crippen molar-refractivity contribution in [2.24, 2.45) is 5.92 Å². The normalized spacial score (nSPS) is 21.4. The van der Waals surface area contributed by atoms with Gasteiger partial charge in [-0.2, -0.15) is 11.8 Å². The third-order valence-electron chi connectivity index (χ3n) is 2.40. The predicted octanol–water partition coefficient (Wildman–Crippen LogP) is 2.54. The molecule has 3 nitrogen and oxygen atoms in total. The first kappa shape index (κ1) is 12.9. The molecule has 0 amide bonds. The summed E-state index contributed by atoms with van der Waals surface area (Å²) in [6, 6.07) is 3.38. The molecular weight excluding hydrogens is 330 g/mol. The summed E-state index contributed by atoms with van der Waals surface area (Å²) in [6.45, 7) is 0.560. The minimum Gasteiger partial charge on any atom is -0.210 e. The third-order valence-corrected chi connectivity index (χ3v) is 7.17. The molecule has 1 unspecified atom stereocenters. The van der Waals surface area contributed by atoms with Crippen LogP contribution in [0, 0.1) is 5.92 Å². The Morgan fingerprint density at radius 1 is 1.50 bits per heavy atom. The van der Waals surface area contributed by atoms with Gasteiger partial charge in [0.25, 0.3) is 0 Å². The minimum absolute atomic E-state index is 0.380. The highest BCUT2D eigenvalue weighted by atomic mass is 79.9. The van der Waals surface area contributed by atoms with E-state index in [1.54, 1.807) is 12.1 Å². The maximum atomic E-state index is 11.9. The number of nitrogens with one attached hydrogen (secondary N) is 1. The molecule has 1 atom stereocenters. The van der Waals surface area contributed by atoms with E-state index in [-0.39, 0.29) is 0 Å². The number of hydrogen-bond acceptors (Lipinski definition) is 4. The zero-order chi connectivity index (χ0) is 11.6. The van der Waals surface area contributed by atoms with Gasteiger partial charge in [0, 0.05) is 6.54 Å². The third kappa shape index (κ3) is 3.22. The Kier molecular flexibility index (Phi) is 4.34. The van der Waals surface area contributed by atoms with Gasteiger partial charge in [0.15, 0.2) is 0 Å². The van der Waals surface area contributed by atoms with Crippen molar-refractivity contribution in [2.45, 2.75) is 10.6 Å². The summed E-state index contributed by atoms with van der Waals surface area (Å²) in [5.41, 5.74) is 0.